The van der Waals surface area contributed by atoms with Gasteiger partial charge in [-0.25, -0.2) is 0 Å². The molecular weight excluding hydrogens is 376 g/mol. The Labute approximate surface area is 167 Å². The third-order valence-electron chi connectivity index (χ3n) is 5.43. The minimum Gasteiger partial charge on any atom is -0.454 e. The number of carbonyl (C=O) groups is 1. The molecule has 0 aliphatic carbocycles. The Hall–Kier alpha value is -2.51. The van der Waals surface area contributed by atoms with Crippen molar-refractivity contribution in [2.75, 3.05) is 19.9 Å². The molecule has 1 amide bonds. The third-order valence-corrected chi connectivity index (χ3v) is 6.28. The van der Waals surface area contributed by atoms with Crippen LogP contribution in [0.5, 0.6) is 11.5 Å². The molecule has 6 nitrogen and oxygen atoms in total. The van der Waals surface area contributed by atoms with Crippen LogP contribution < -0.4 is 9.47 Å². The zero-order chi connectivity index (χ0) is 19.1. The molecule has 2 aliphatic heterocycles. The highest BCUT2D eigenvalue weighted by Gasteiger charge is 2.26. The van der Waals surface area contributed by atoms with Crippen LogP contribution in [0.25, 0.3) is 10.2 Å². The number of fused-ring (bicyclic) bond motifs is 2. The summed E-state index contributed by atoms with van der Waals surface area (Å²) in [5, 5.41) is 2.05. The van der Waals surface area contributed by atoms with Gasteiger partial charge in [-0.2, -0.15) is 0 Å². The van der Waals surface area contributed by atoms with Crippen molar-refractivity contribution in [1.29, 1.82) is 0 Å². The van der Waals surface area contributed by atoms with Gasteiger partial charge in [0.05, 0.1) is 16.3 Å². The van der Waals surface area contributed by atoms with E-state index < -0.39 is 0 Å². The zero-order valence-corrected chi connectivity index (χ0v) is 16.5. The van der Waals surface area contributed by atoms with Gasteiger partial charge >= 0.3 is 0 Å². The number of aryl methyl sites for hydroxylation is 1. The lowest BCUT2D eigenvalue weighted by atomic mass is 10.1. The average molecular weight is 398 g/mol. The summed E-state index contributed by atoms with van der Waals surface area (Å²) >= 11 is 1.66. The van der Waals surface area contributed by atoms with E-state index in [1.54, 1.807) is 11.3 Å². The highest BCUT2D eigenvalue weighted by atomic mass is 32.1. The maximum absolute atomic E-state index is 13.5. The van der Waals surface area contributed by atoms with Gasteiger partial charge in [-0.15, -0.1) is 11.3 Å². The quantitative estimate of drug-likeness (QED) is 0.656. The molecule has 2 aliphatic rings. The number of ether oxygens (including phenoxy) is 3. The topological polar surface area (TPSA) is 52.9 Å². The zero-order valence-electron chi connectivity index (χ0n) is 15.7. The molecule has 5 rings (SSSR count). The van der Waals surface area contributed by atoms with Crippen LogP contribution in [0.1, 0.15) is 28.9 Å². The van der Waals surface area contributed by atoms with Gasteiger partial charge < -0.3 is 23.7 Å². The van der Waals surface area contributed by atoms with Crippen molar-refractivity contribution in [3.05, 3.63) is 47.0 Å². The van der Waals surface area contributed by atoms with Crippen molar-refractivity contribution in [1.82, 2.24) is 9.47 Å². The molecule has 1 fully saturated rings. The Kier molecular flexibility index (Phi) is 4.49. The van der Waals surface area contributed by atoms with Crippen molar-refractivity contribution >= 4 is 27.5 Å². The fourth-order valence-electron chi connectivity index (χ4n) is 3.93. The predicted molar refractivity (Wildman–Crippen MR) is 107 cm³/mol. The minimum atomic E-state index is 0.0269. The lowest BCUT2D eigenvalue weighted by molar-refractivity contribution is 0.0500. The van der Waals surface area contributed by atoms with Gasteiger partial charge in [0, 0.05) is 26.7 Å². The molecule has 0 unspecified atom stereocenters. The lowest BCUT2D eigenvalue weighted by Crippen LogP contribution is -2.37. The second-order valence-electron chi connectivity index (χ2n) is 7.27. The van der Waals surface area contributed by atoms with Gasteiger partial charge in [-0.3, -0.25) is 4.79 Å². The number of hydrogen-bond donors (Lipinski definition) is 0. The molecule has 4 heterocycles. The van der Waals surface area contributed by atoms with Gasteiger partial charge in [-0.05, 0) is 48.1 Å². The first-order valence-corrected chi connectivity index (χ1v) is 10.4. The van der Waals surface area contributed by atoms with E-state index in [2.05, 4.69) is 11.4 Å². The summed E-state index contributed by atoms with van der Waals surface area (Å²) in [6.07, 6.45) is 2.14. The van der Waals surface area contributed by atoms with Gasteiger partial charge in [0.15, 0.2) is 11.5 Å². The van der Waals surface area contributed by atoms with Gasteiger partial charge in [0.2, 0.25) is 6.79 Å². The van der Waals surface area contributed by atoms with E-state index in [1.165, 1.54) is 0 Å². The molecule has 7 heteroatoms. The summed E-state index contributed by atoms with van der Waals surface area (Å²) in [6, 6.07) is 9.91. The number of nitrogens with zero attached hydrogens (tertiary/aromatic N) is 2. The SMILES string of the molecule is Cn1c(C(=O)N(Cc2ccc3c(c2)OCO3)C[C@H]2CCCO2)cc2sccc21. The number of carbonyl (C=O) groups excluding carboxylic acids is 1. The van der Waals surface area contributed by atoms with Crippen molar-refractivity contribution in [2.24, 2.45) is 7.05 Å². The largest absolute Gasteiger partial charge is 0.454 e. The molecule has 1 atom stereocenters. The van der Waals surface area contributed by atoms with Crippen molar-refractivity contribution in [3.8, 4) is 11.5 Å². The molecule has 0 N–H and O–H groups in total. The van der Waals surface area contributed by atoms with E-state index in [4.69, 9.17) is 14.2 Å². The molecule has 1 saturated heterocycles. The van der Waals surface area contributed by atoms with E-state index in [1.807, 2.05) is 40.8 Å². The fraction of sp³-hybridized carbons (Fsp3) is 0.381. The van der Waals surface area contributed by atoms with Crippen LogP contribution in [0.3, 0.4) is 0 Å². The van der Waals surface area contributed by atoms with E-state index in [-0.39, 0.29) is 18.8 Å². The molecular formula is C21H22N2O4S. The van der Waals surface area contributed by atoms with Crippen LogP contribution >= 0.6 is 11.3 Å². The maximum atomic E-state index is 13.5. The Bertz CT molecular complexity index is 1020. The molecule has 0 saturated carbocycles. The molecule has 1 aromatic carbocycles. The minimum absolute atomic E-state index is 0.0269. The van der Waals surface area contributed by atoms with Crippen LogP contribution in [0.4, 0.5) is 0 Å². The highest BCUT2D eigenvalue weighted by Crippen LogP contribution is 2.33. The van der Waals surface area contributed by atoms with Crippen molar-refractivity contribution in [3.63, 3.8) is 0 Å². The van der Waals surface area contributed by atoms with Crippen LogP contribution in [0, 0.1) is 0 Å². The number of thiophene rings is 1. The summed E-state index contributed by atoms with van der Waals surface area (Å²) < 4.78 is 19.8. The summed E-state index contributed by atoms with van der Waals surface area (Å²) in [6.45, 7) is 2.12. The molecule has 3 aromatic rings. The predicted octanol–water partition coefficient (Wildman–Crippen LogP) is 3.79. The second kappa shape index (κ2) is 7.14. The van der Waals surface area contributed by atoms with Gasteiger partial charge in [-0.1, -0.05) is 6.07 Å². The molecule has 2 aromatic heterocycles. The third kappa shape index (κ3) is 3.14. The summed E-state index contributed by atoms with van der Waals surface area (Å²) in [5.74, 6) is 1.52. The lowest BCUT2D eigenvalue weighted by Gasteiger charge is -2.26. The Morgan fingerprint density at radius 2 is 2.14 bits per heavy atom. The van der Waals surface area contributed by atoms with E-state index in [9.17, 15) is 4.79 Å². The smallest absolute Gasteiger partial charge is 0.270 e. The van der Waals surface area contributed by atoms with Crippen LogP contribution in [0.15, 0.2) is 35.7 Å². The first-order valence-electron chi connectivity index (χ1n) is 9.51. The van der Waals surface area contributed by atoms with Gasteiger partial charge in [0.1, 0.15) is 5.69 Å². The number of rotatable bonds is 5. The highest BCUT2D eigenvalue weighted by molar-refractivity contribution is 7.17. The second-order valence-corrected chi connectivity index (χ2v) is 8.21. The Morgan fingerprint density at radius 3 is 2.96 bits per heavy atom. The van der Waals surface area contributed by atoms with E-state index in [0.29, 0.717) is 18.8 Å². The summed E-state index contributed by atoms with van der Waals surface area (Å²) in [4.78, 5) is 15.4. The van der Waals surface area contributed by atoms with Crippen molar-refractivity contribution in [2.45, 2.75) is 25.5 Å². The standard InChI is InChI=1S/C21H22N2O4S/c1-22-16-6-8-28-20(16)10-17(22)21(24)23(12-15-3-2-7-25-15)11-14-4-5-18-19(9-14)27-13-26-18/h4-6,8-10,15H,2-3,7,11-13H2,1H3/t15-/m1/s1. The first-order chi connectivity index (χ1) is 13.7. The average Bonchev–Trinajstić information content (AvgIpc) is 3.47. The number of aromatic nitrogens is 1. The normalized spacial score (nSPS) is 18.1. The Morgan fingerprint density at radius 1 is 1.25 bits per heavy atom. The molecule has 28 heavy (non-hydrogen) atoms. The van der Waals surface area contributed by atoms with Crippen LogP contribution in [-0.4, -0.2) is 41.4 Å². The van der Waals surface area contributed by atoms with E-state index in [0.717, 1.165) is 46.7 Å². The van der Waals surface area contributed by atoms with Gasteiger partial charge in [0.25, 0.3) is 5.91 Å². The van der Waals surface area contributed by atoms with E-state index >= 15 is 0 Å². The molecule has 0 spiro atoms. The summed E-state index contributed by atoms with van der Waals surface area (Å²) in [5.41, 5.74) is 2.82. The van der Waals surface area contributed by atoms with Crippen LogP contribution in [-0.2, 0) is 18.3 Å². The summed E-state index contributed by atoms with van der Waals surface area (Å²) in [7, 11) is 1.95. The number of benzene rings is 1. The monoisotopic (exact) mass is 398 g/mol. The first kappa shape index (κ1) is 17.6. The molecule has 0 radical (unpaired) electrons. The number of hydrogen-bond acceptors (Lipinski definition) is 5. The van der Waals surface area contributed by atoms with Crippen LogP contribution in [0.2, 0.25) is 0 Å². The molecule has 146 valence electrons. The maximum Gasteiger partial charge on any atom is 0.270 e. The Balaban J connectivity index is 1.44. The van der Waals surface area contributed by atoms with Crippen molar-refractivity contribution < 1.29 is 19.0 Å². The molecule has 0 bridgehead atoms. The number of amides is 1. The fourth-order valence-corrected chi connectivity index (χ4v) is 4.78.